The SMILES string of the molecule is COc1ccc(O[C@@H]2O[C@H](COC(=O)c3cc(O)c(O)c(O)c3)[C@@H](O)[C@H](O)[C@H]2O)cc1OC. The van der Waals surface area contributed by atoms with E-state index < -0.39 is 60.5 Å². The summed E-state index contributed by atoms with van der Waals surface area (Å²) in [6.45, 7) is -0.571. The number of esters is 1. The van der Waals surface area contributed by atoms with Crippen molar-refractivity contribution >= 4 is 5.97 Å². The van der Waals surface area contributed by atoms with Crippen molar-refractivity contribution in [3.05, 3.63) is 35.9 Å². The first-order valence-corrected chi connectivity index (χ1v) is 9.66. The zero-order valence-electron chi connectivity index (χ0n) is 17.6. The lowest BCUT2D eigenvalue weighted by Crippen LogP contribution is -2.60. The molecule has 2 aromatic carbocycles. The van der Waals surface area contributed by atoms with E-state index in [4.69, 9.17) is 23.7 Å². The summed E-state index contributed by atoms with van der Waals surface area (Å²) in [4.78, 5) is 12.2. The summed E-state index contributed by atoms with van der Waals surface area (Å²) in [5.74, 6) is -2.32. The van der Waals surface area contributed by atoms with Crippen molar-refractivity contribution in [1.29, 1.82) is 0 Å². The monoisotopic (exact) mass is 468 g/mol. The molecule has 0 aromatic heterocycles. The molecule has 0 amide bonds. The predicted molar refractivity (Wildman–Crippen MR) is 109 cm³/mol. The largest absolute Gasteiger partial charge is 0.504 e. The molecule has 0 radical (unpaired) electrons. The van der Waals surface area contributed by atoms with Crippen molar-refractivity contribution < 1.29 is 59.1 Å². The first-order chi connectivity index (χ1) is 15.7. The van der Waals surface area contributed by atoms with Gasteiger partial charge in [-0.15, -0.1) is 0 Å². The third-order valence-electron chi connectivity index (χ3n) is 4.96. The lowest BCUT2D eigenvalue weighted by molar-refractivity contribution is -0.277. The number of phenolic OH excluding ortho intramolecular Hbond substituents is 3. The van der Waals surface area contributed by atoms with E-state index in [1.807, 2.05) is 0 Å². The van der Waals surface area contributed by atoms with Gasteiger partial charge in [0.1, 0.15) is 36.8 Å². The third kappa shape index (κ3) is 5.14. The van der Waals surface area contributed by atoms with Gasteiger partial charge < -0.3 is 54.3 Å². The van der Waals surface area contributed by atoms with E-state index in [-0.39, 0.29) is 11.3 Å². The number of phenols is 3. The molecule has 2 aromatic rings. The van der Waals surface area contributed by atoms with Crippen LogP contribution in [-0.2, 0) is 9.47 Å². The number of benzene rings is 2. The molecule has 1 fully saturated rings. The number of aliphatic hydroxyl groups excluding tert-OH is 3. The summed E-state index contributed by atoms with van der Waals surface area (Å²) < 4.78 is 26.4. The Morgan fingerprint density at radius 1 is 0.909 bits per heavy atom. The Morgan fingerprint density at radius 3 is 2.15 bits per heavy atom. The zero-order valence-corrected chi connectivity index (χ0v) is 17.6. The van der Waals surface area contributed by atoms with E-state index in [2.05, 4.69) is 0 Å². The number of rotatable bonds is 7. The highest BCUT2D eigenvalue weighted by Crippen LogP contribution is 2.36. The van der Waals surface area contributed by atoms with Crippen LogP contribution in [-0.4, -0.2) is 88.1 Å². The number of methoxy groups -OCH3 is 2. The standard InChI is InChI=1S/C21H24O12/c1-29-13-4-3-10(7-14(13)30-2)32-21-19(27)18(26)17(25)15(33-21)8-31-20(28)9-5-11(22)16(24)12(23)6-9/h3-7,15,17-19,21-27H,8H2,1-2H3/t15-,17-,18+,19-,21-/m1/s1. The molecule has 12 nitrogen and oxygen atoms in total. The van der Waals surface area contributed by atoms with E-state index in [0.29, 0.717) is 11.5 Å². The van der Waals surface area contributed by atoms with E-state index in [1.165, 1.54) is 26.4 Å². The van der Waals surface area contributed by atoms with Crippen molar-refractivity contribution in [3.8, 4) is 34.5 Å². The quantitative estimate of drug-likeness (QED) is 0.234. The third-order valence-corrected chi connectivity index (χ3v) is 4.96. The minimum Gasteiger partial charge on any atom is -0.504 e. The normalized spacial score (nSPS) is 24.7. The maximum absolute atomic E-state index is 12.2. The van der Waals surface area contributed by atoms with E-state index >= 15 is 0 Å². The molecule has 5 atom stereocenters. The summed E-state index contributed by atoms with van der Waals surface area (Å²) in [5, 5.41) is 59.1. The highest BCUT2D eigenvalue weighted by atomic mass is 16.7. The van der Waals surface area contributed by atoms with Gasteiger partial charge in [-0.3, -0.25) is 0 Å². The van der Waals surface area contributed by atoms with Crippen molar-refractivity contribution in [3.63, 3.8) is 0 Å². The fourth-order valence-electron chi connectivity index (χ4n) is 3.14. The second-order valence-electron chi connectivity index (χ2n) is 7.11. The van der Waals surface area contributed by atoms with Gasteiger partial charge in [0.25, 0.3) is 0 Å². The Hall–Kier alpha value is -3.45. The van der Waals surface area contributed by atoms with Gasteiger partial charge in [0.05, 0.1) is 19.8 Å². The number of hydrogen-bond acceptors (Lipinski definition) is 12. The van der Waals surface area contributed by atoms with Crippen LogP contribution in [0.4, 0.5) is 0 Å². The van der Waals surface area contributed by atoms with E-state index in [1.54, 1.807) is 6.07 Å². The summed E-state index contributed by atoms with van der Waals surface area (Å²) >= 11 is 0. The molecule has 0 unspecified atom stereocenters. The highest BCUT2D eigenvalue weighted by Gasteiger charge is 2.45. The Kier molecular flexibility index (Phi) is 7.33. The molecule has 6 N–H and O–H groups in total. The molecule has 1 heterocycles. The maximum Gasteiger partial charge on any atom is 0.338 e. The molecule has 0 spiro atoms. The molecule has 1 saturated heterocycles. The van der Waals surface area contributed by atoms with Gasteiger partial charge in [-0.1, -0.05) is 0 Å². The number of hydrogen-bond donors (Lipinski definition) is 6. The zero-order chi connectivity index (χ0) is 24.3. The van der Waals surface area contributed by atoms with Crippen LogP contribution >= 0.6 is 0 Å². The summed E-state index contributed by atoms with van der Waals surface area (Å²) in [6.07, 6.45) is -7.68. The minimum absolute atomic E-state index is 0.200. The van der Waals surface area contributed by atoms with Crippen LogP contribution in [0, 0.1) is 0 Å². The molecular weight excluding hydrogens is 444 g/mol. The number of ether oxygens (including phenoxy) is 5. The maximum atomic E-state index is 12.2. The smallest absolute Gasteiger partial charge is 0.338 e. The Labute approximate surface area is 187 Å². The van der Waals surface area contributed by atoms with Gasteiger partial charge >= 0.3 is 5.97 Å². The number of carbonyl (C=O) groups is 1. The number of aliphatic hydroxyl groups is 3. The molecule has 1 aliphatic heterocycles. The average molecular weight is 468 g/mol. The van der Waals surface area contributed by atoms with E-state index in [9.17, 15) is 35.4 Å². The Morgan fingerprint density at radius 2 is 1.55 bits per heavy atom. The van der Waals surface area contributed by atoms with Crippen molar-refractivity contribution in [2.75, 3.05) is 20.8 Å². The first-order valence-electron chi connectivity index (χ1n) is 9.66. The van der Waals surface area contributed by atoms with Gasteiger partial charge in [-0.2, -0.15) is 0 Å². The van der Waals surface area contributed by atoms with Crippen LogP contribution in [0.15, 0.2) is 30.3 Å². The van der Waals surface area contributed by atoms with Crippen molar-refractivity contribution in [1.82, 2.24) is 0 Å². The van der Waals surface area contributed by atoms with Crippen LogP contribution in [0.2, 0.25) is 0 Å². The van der Waals surface area contributed by atoms with Crippen molar-refractivity contribution in [2.45, 2.75) is 30.7 Å². The Balaban J connectivity index is 1.70. The van der Waals surface area contributed by atoms with Crippen LogP contribution < -0.4 is 14.2 Å². The molecule has 12 heteroatoms. The second kappa shape index (κ2) is 10.0. The summed E-state index contributed by atoms with van der Waals surface area (Å²) in [5.41, 5.74) is -0.285. The van der Waals surface area contributed by atoms with Gasteiger partial charge in [-0.05, 0) is 24.3 Å². The van der Waals surface area contributed by atoms with Crippen LogP contribution in [0.25, 0.3) is 0 Å². The Bertz CT molecular complexity index is 970. The topological polar surface area (TPSA) is 185 Å². The van der Waals surface area contributed by atoms with Crippen LogP contribution in [0.3, 0.4) is 0 Å². The second-order valence-corrected chi connectivity index (χ2v) is 7.11. The molecule has 33 heavy (non-hydrogen) atoms. The number of aromatic hydroxyl groups is 3. The van der Waals surface area contributed by atoms with Gasteiger partial charge in [0.15, 0.2) is 28.7 Å². The van der Waals surface area contributed by atoms with Crippen molar-refractivity contribution in [2.24, 2.45) is 0 Å². The van der Waals surface area contributed by atoms with Gasteiger partial charge in [-0.25, -0.2) is 4.79 Å². The molecule has 0 aliphatic carbocycles. The molecule has 1 aliphatic rings. The van der Waals surface area contributed by atoms with Crippen LogP contribution in [0.5, 0.6) is 34.5 Å². The first kappa shape index (κ1) is 24.2. The molecular formula is C21H24O12. The average Bonchev–Trinajstić information content (AvgIpc) is 2.81. The van der Waals surface area contributed by atoms with Crippen LogP contribution in [0.1, 0.15) is 10.4 Å². The minimum atomic E-state index is -1.69. The van der Waals surface area contributed by atoms with Gasteiger partial charge in [0.2, 0.25) is 6.29 Å². The predicted octanol–water partition coefficient (Wildman–Crippen LogP) is -0.136. The lowest BCUT2D eigenvalue weighted by Gasteiger charge is -2.39. The number of carbonyl (C=O) groups excluding carboxylic acids is 1. The lowest BCUT2D eigenvalue weighted by atomic mass is 9.99. The fraction of sp³-hybridized carbons (Fsp3) is 0.381. The van der Waals surface area contributed by atoms with Gasteiger partial charge in [0, 0.05) is 6.07 Å². The molecule has 180 valence electrons. The fourth-order valence-corrected chi connectivity index (χ4v) is 3.14. The van der Waals surface area contributed by atoms with E-state index in [0.717, 1.165) is 12.1 Å². The summed E-state index contributed by atoms with van der Waals surface area (Å²) in [7, 11) is 2.88. The molecule has 3 rings (SSSR count). The molecule has 0 bridgehead atoms. The highest BCUT2D eigenvalue weighted by molar-refractivity contribution is 5.91. The molecule has 0 saturated carbocycles. The summed E-state index contributed by atoms with van der Waals surface area (Å²) in [6, 6.07) is 6.27.